The van der Waals surface area contributed by atoms with Crippen molar-refractivity contribution in [3.8, 4) is 11.5 Å². The molecular weight excluding hydrogens is 426 g/mol. The van der Waals surface area contributed by atoms with Gasteiger partial charge in [0.2, 0.25) is 0 Å². The molecule has 0 heterocycles. The van der Waals surface area contributed by atoms with Crippen LogP contribution in [0.2, 0.25) is 5.02 Å². The van der Waals surface area contributed by atoms with Crippen molar-refractivity contribution in [2.24, 2.45) is 0 Å². The van der Waals surface area contributed by atoms with Gasteiger partial charge in [-0.25, -0.2) is 0 Å². The molecule has 0 aliphatic heterocycles. The topological polar surface area (TPSA) is 90.9 Å². The molecule has 7 nitrogen and oxygen atoms in total. The van der Waals surface area contributed by atoms with Gasteiger partial charge in [-0.2, -0.15) is 0 Å². The van der Waals surface area contributed by atoms with Gasteiger partial charge in [-0.3, -0.25) is 13.9 Å². The maximum Gasteiger partial charge on any atom is 0.253 e. The fourth-order valence-corrected chi connectivity index (χ4v) is 3.83. The largest absolute Gasteiger partial charge is 0.505 e. The molecule has 0 saturated carbocycles. The first-order valence-corrected chi connectivity index (χ1v) is 10.4. The number of ether oxygens (including phenoxy) is 1. The Bertz CT molecular complexity index is 1130. The Morgan fingerprint density at radius 1 is 1.10 bits per heavy atom. The summed E-state index contributed by atoms with van der Waals surface area (Å²) >= 11 is 7.42. The summed E-state index contributed by atoms with van der Waals surface area (Å²) < 4.78 is 7.37. The lowest BCUT2D eigenvalue weighted by Gasteiger charge is -2.18. The second-order valence-electron chi connectivity index (χ2n) is 6.60. The summed E-state index contributed by atoms with van der Waals surface area (Å²) in [4.78, 5) is 24.7. The van der Waals surface area contributed by atoms with E-state index in [4.69, 9.17) is 16.3 Å². The number of rotatable bonds is 9. The van der Waals surface area contributed by atoms with E-state index in [1.165, 1.54) is 11.9 Å². The molecule has 0 amide bonds. The fourth-order valence-electron chi connectivity index (χ4n) is 2.86. The maximum atomic E-state index is 12.1. The van der Waals surface area contributed by atoms with E-state index in [1.807, 2.05) is 45.3 Å². The Morgan fingerprint density at radius 2 is 1.80 bits per heavy atom. The number of anilines is 3. The van der Waals surface area contributed by atoms with E-state index in [9.17, 15) is 14.7 Å². The summed E-state index contributed by atoms with van der Waals surface area (Å²) in [7, 11) is 3.64. The molecule has 30 heavy (non-hydrogen) atoms. The smallest absolute Gasteiger partial charge is 0.253 e. The van der Waals surface area contributed by atoms with Crippen LogP contribution in [0.15, 0.2) is 50.9 Å². The van der Waals surface area contributed by atoms with Gasteiger partial charge >= 0.3 is 0 Å². The van der Waals surface area contributed by atoms with E-state index in [2.05, 4.69) is 10.6 Å². The van der Waals surface area contributed by atoms with Gasteiger partial charge in [0.25, 0.3) is 10.9 Å². The van der Waals surface area contributed by atoms with Crippen LogP contribution in [-0.4, -0.2) is 30.1 Å². The van der Waals surface area contributed by atoms with E-state index in [0.717, 1.165) is 5.56 Å². The molecule has 9 heteroatoms. The van der Waals surface area contributed by atoms with Crippen molar-refractivity contribution in [1.82, 2.24) is 4.31 Å². The van der Waals surface area contributed by atoms with Crippen molar-refractivity contribution < 1.29 is 9.84 Å². The Morgan fingerprint density at radius 3 is 2.50 bits per heavy atom. The first-order valence-electron chi connectivity index (χ1n) is 9.25. The SMILES string of the molecule is CCOc1ccccc1CNc1c(Nc2ccc(Cl)c(SN(C)C)c2O)c(=O)c1=O. The Labute approximate surface area is 183 Å². The number of hydrogen-bond acceptors (Lipinski definition) is 8. The van der Waals surface area contributed by atoms with Crippen LogP contribution in [-0.2, 0) is 6.54 Å². The molecule has 3 aromatic carbocycles. The van der Waals surface area contributed by atoms with E-state index < -0.39 is 10.9 Å². The zero-order valence-corrected chi connectivity index (χ0v) is 18.4. The number of para-hydroxylation sites is 1. The lowest BCUT2D eigenvalue weighted by molar-refractivity contribution is 0.337. The molecule has 0 fully saturated rings. The zero-order valence-electron chi connectivity index (χ0n) is 16.8. The summed E-state index contributed by atoms with van der Waals surface area (Å²) in [6.07, 6.45) is 0. The van der Waals surface area contributed by atoms with Crippen molar-refractivity contribution in [3.63, 3.8) is 0 Å². The van der Waals surface area contributed by atoms with Crippen molar-refractivity contribution in [2.75, 3.05) is 31.3 Å². The van der Waals surface area contributed by atoms with Gasteiger partial charge in [0, 0.05) is 12.1 Å². The van der Waals surface area contributed by atoms with Crippen molar-refractivity contribution in [1.29, 1.82) is 0 Å². The summed E-state index contributed by atoms with van der Waals surface area (Å²) in [5.41, 5.74) is 0.162. The average molecular weight is 448 g/mol. The number of phenols is 1. The standard InChI is InChI=1S/C21H22ClN3O4S/c1-4-29-15-8-6-5-7-12(15)11-23-16-17(20(28)19(16)27)24-14-10-9-13(22)21(18(14)26)30-25(2)3/h5-10,23-24,26H,4,11H2,1-3H3. The van der Waals surface area contributed by atoms with Crippen LogP contribution in [0.1, 0.15) is 12.5 Å². The van der Waals surface area contributed by atoms with Gasteiger partial charge in [0.05, 0.1) is 22.2 Å². The molecule has 158 valence electrons. The van der Waals surface area contributed by atoms with E-state index in [0.29, 0.717) is 28.8 Å². The summed E-state index contributed by atoms with van der Waals surface area (Å²) in [6.45, 7) is 2.72. The predicted molar refractivity (Wildman–Crippen MR) is 122 cm³/mol. The molecule has 0 aromatic heterocycles. The molecule has 0 aliphatic carbocycles. The normalized spacial score (nSPS) is 11.1. The van der Waals surface area contributed by atoms with Gasteiger partial charge in [-0.15, -0.1) is 0 Å². The second-order valence-corrected chi connectivity index (χ2v) is 8.33. The van der Waals surface area contributed by atoms with Crippen molar-refractivity contribution in [3.05, 3.63) is 67.4 Å². The monoisotopic (exact) mass is 447 g/mol. The highest BCUT2D eigenvalue weighted by molar-refractivity contribution is 7.97. The molecule has 3 aromatic rings. The summed E-state index contributed by atoms with van der Waals surface area (Å²) in [5.74, 6) is 0.614. The van der Waals surface area contributed by atoms with Crippen LogP contribution >= 0.6 is 23.5 Å². The predicted octanol–water partition coefficient (Wildman–Crippen LogP) is 3.96. The highest BCUT2D eigenvalue weighted by atomic mass is 35.5. The molecular formula is C21H22ClN3O4S. The molecule has 3 rings (SSSR count). The van der Waals surface area contributed by atoms with E-state index >= 15 is 0 Å². The van der Waals surface area contributed by atoms with Crippen LogP contribution in [0.3, 0.4) is 0 Å². The first kappa shape index (κ1) is 22.0. The molecule has 0 radical (unpaired) electrons. The summed E-state index contributed by atoms with van der Waals surface area (Å²) in [5, 5.41) is 16.8. The Hall–Kier alpha value is -2.68. The number of phenolic OH excluding ortho intramolecular Hbond substituents is 1. The minimum Gasteiger partial charge on any atom is -0.505 e. The molecule has 0 saturated heterocycles. The third kappa shape index (κ3) is 4.56. The van der Waals surface area contributed by atoms with Crippen LogP contribution in [0.25, 0.3) is 0 Å². The Balaban J connectivity index is 1.83. The molecule has 0 aliphatic rings. The maximum absolute atomic E-state index is 12.1. The number of aromatic hydroxyl groups is 1. The highest BCUT2D eigenvalue weighted by Gasteiger charge is 2.23. The molecule has 0 spiro atoms. The lowest BCUT2D eigenvalue weighted by atomic mass is 10.1. The van der Waals surface area contributed by atoms with E-state index in [-0.39, 0.29) is 22.8 Å². The third-order valence-corrected chi connectivity index (χ3v) is 5.64. The highest BCUT2D eigenvalue weighted by Crippen LogP contribution is 2.42. The molecule has 0 bridgehead atoms. The van der Waals surface area contributed by atoms with Crippen LogP contribution in [0.5, 0.6) is 11.5 Å². The number of nitrogens with zero attached hydrogens (tertiary/aromatic N) is 1. The van der Waals surface area contributed by atoms with Crippen LogP contribution < -0.4 is 26.2 Å². The number of benzene rings is 2. The number of halogens is 1. The van der Waals surface area contributed by atoms with Gasteiger partial charge in [0.15, 0.2) is 5.75 Å². The van der Waals surface area contributed by atoms with Gasteiger partial charge in [-0.1, -0.05) is 29.8 Å². The minimum atomic E-state index is -0.647. The average Bonchev–Trinajstić information content (AvgIpc) is 2.72. The number of nitrogens with one attached hydrogen (secondary N) is 2. The van der Waals surface area contributed by atoms with Crippen LogP contribution in [0.4, 0.5) is 17.1 Å². The zero-order chi connectivity index (χ0) is 21.8. The van der Waals surface area contributed by atoms with Gasteiger partial charge < -0.3 is 20.5 Å². The van der Waals surface area contributed by atoms with Crippen LogP contribution in [0, 0.1) is 0 Å². The Kier molecular flexibility index (Phi) is 6.91. The first-order chi connectivity index (χ1) is 14.3. The molecule has 0 unspecified atom stereocenters. The molecule has 0 atom stereocenters. The second kappa shape index (κ2) is 9.42. The van der Waals surface area contributed by atoms with Crippen molar-refractivity contribution >= 4 is 40.6 Å². The summed E-state index contributed by atoms with van der Waals surface area (Å²) in [6, 6.07) is 10.6. The number of hydrogen-bond donors (Lipinski definition) is 3. The lowest BCUT2D eigenvalue weighted by Crippen LogP contribution is -2.36. The minimum absolute atomic E-state index is 0.0955. The fraction of sp³-hybridized carbons (Fsp3) is 0.238. The molecule has 3 N–H and O–H groups in total. The van der Waals surface area contributed by atoms with E-state index in [1.54, 1.807) is 16.4 Å². The quantitative estimate of drug-likeness (QED) is 0.258. The van der Waals surface area contributed by atoms with Gasteiger partial charge in [0.1, 0.15) is 17.1 Å². The van der Waals surface area contributed by atoms with Crippen molar-refractivity contribution in [2.45, 2.75) is 18.4 Å². The van der Waals surface area contributed by atoms with Gasteiger partial charge in [-0.05, 0) is 51.2 Å². The third-order valence-electron chi connectivity index (χ3n) is 4.26.